The molecule has 4 aromatic rings. The van der Waals surface area contributed by atoms with Gasteiger partial charge in [-0.05, 0) is 32.0 Å². The molecule has 0 N–H and O–H groups in total. The first kappa shape index (κ1) is 18.6. The maximum absolute atomic E-state index is 6.23. The zero-order valence-electron chi connectivity index (χ0n) is 15.4. The van der Waals surface area contributed by atoms with Crippen LogP contribution in [-0.2, 0) is 0 Å². The topological polar surface area (TPSA) is 38.6 Å². The summed E-state index contributed by atoms with van der Waals surface area (Å²) in [5.41, 5.74) is 4.68. The van der Waals surface area contributed by atoms with Crippen LogP contribution in [0.15, 0.2) is 80.6 Å². The molecule has 0 fully saturated rings. The third-order valence-electron chi connectivity index (χ3n) is 4.33. The maximum atomic E-state index is 6.23. The van der Waals surface area contributed by atoms with Crippen LogP contribution in [0.3, 0.4) is 0 Å². The van der Waals surface area contributed by atoms with Crippen LogP contribution in [-0.4, -0.2) is 0 Å². The van der Waals surface area contributed by atoms with Crippen molar-refractivity contribution < 1.29 is 8.83 Å². The van der Waals surface area contributed by atoms with Crippen molar-refractivity contribution in [2.75, 3.05) is 0 Å². The zero-order chi connectivity index (χ0) is 19.7. The van der Waals surface area contributed by atoms with Gasteiger partial charge in [0.1, 0.15) is 0 Å². The normalized spacial score (nSPS) is 10.9. The second-order valence-electron chi connectivity index (χ2n) is 6.57. The number of hydrogen-bond acceptors (Lipinski definition) is 3. The van der Waals surface area contributed by atoms with E-state index in [0.29, 0.717) is 27.3 Å². The van der Waals surface area contributed by atoms with Crippen LogP contribution in [0.25, 0.3) is 22.6 Å². The van der Waals surface area contributed by atoms with Gasteiger partial charge in [-0.25, -0.2) is 0 Å². The van der Waals surface area contributed by atoms with E-state index in [2.05, 4.69) is 4.99 Å². The summed E-state index contributed by atoms with van der Waals surface area (Å²) in [6, 6.07) is 21.2. The highest BCUT2D eigenvalue weighted by Gasteiger charge is 2.16. The molecule has 28 heavy (non-hydrogen) atoms. The van der Waals surface area contributed by atoms with Gasteiger partial charge >= 0.3 is 5.75 Å². The van der Waals surface area contributed by atoms with Crippen molar-refractivity contribution in [1.82, 2.24) is 0 Å². The summed E-state index contributed by atoms with van der Waals surface area (Å²) in [6.07, 6.45) is 0. The van der Waals surface area contributed by atoms with Crippen molar-refractivity contribution in [3.05, 3.63) is 93.7 Å². The Bertz CT molecular complexity index is 1120. The van der Waals surface area contributed by atoms with Gasteiger partial charge in [0, 0.05) is 16.1 Å². The minimum atomic E-state index is 0.121. The molecule has 5 heteroatoms. The lowest BCUT2D eigenvalue weighted by Crippen LogP contribution is -1.92. The molecule has 140 valence electrons. The zero-order valence-corrected chi connectivity index (χ0v) is 16.9. The fraction of sp³-hybridized carbons (Fsp3) is 0.0870. The molecule has 0 radical (unpaired) electrons. The molecule has 4 rings (SSSR count). The second-order valence-corrected chi connectivity index (χ2v) is 7.41. The molecule has 0 aliphatic carbocycles. The van der Waals surface area contributed by atoms with E-state index in [1.54, 1.807) is 18.2 Å². The molecule has 0 bridgehead atoms. The molecule has 0 saturated heterocycles. The third-order valence-corrected chi connectivity index (χ3v) is 4.87. The Morgan fingerprint density at radius 2 is 1.18 bits per heavy atom. The summed E-state index contributed by atoms with van der Waals surface area (Å²) in [7, 11) is 0. The molecule has 3 nitrogen and oxygen atoms in total. The lowest BCUT2D eigenvalue weighted by Gasteiger charge is -2.01. The Labute approximate surface area is 172 Å². The standard InChI is InChI=1S/C23H17Cl2NO2/c1-14-3-7-16(8-4-14)21-22(17-9-5-15(2)6-10-17)28-23(27-21)26-20-12-11-18(24)13-19(20)25/h3-13H,1-2H3. The smallest absolute Gasteiger partial charge is 0.400 e. The molecular weight excluding hydrogens is 393 g/mol. The molecule has 0 spiro atoms. The molecule has 0 saturated carbocycles. The predicted octanol–water partition coefficient (Wildman–Crippen LogP) is 7.36. The van der Waals surface area contributed by atoms with E-state index in [0.717, 1.165) is 11.1 Å². The first-order chi connectivity index (χ1) is 13.5. The van der Waals surface area contributed by atoms with Crippen LogP contribution >= 0.6 is 23.2 Å². The van der Waals surface area contributed by atoms with Crippen LogP contribution in [0, 0.1) is 13.8 Å². The molecule has 3 aromatic carbocycles. The van der Waals surface area contributed by atoms with E-state index < -0.39 is 0 Å². The molecule has 0 unspecified atom stereocenters. The van der Waals surface area contributed by atoms with Crippen molar-refractivity contribution in [2.45, 2.75) is 13.8 Å². The predicted molar refractivity (Wildman–Crippen MR) is 113 cm³/mol. The minimum Gasteiger partial charge on any atom is -0.406 e. The summed E-state index contributed by atoms with van der Waals surface area (Å²) in [5, 5.41) is 0.967. The average molecular weight is 410 g/mol. The van der Waals surface area contributed by atoms with Gasteiger partial charge < -0.3 is 8.83 Å². The van der Waals surface area contributed by atoms with E-state index in [1.807, 2.05) is 62.4 Å². The van der Waals surface area contributed by atoms with Gasteiger partial charge in [0.05, 0.1) is 10.7 Å². The first-order valence-corrected chi connectivity index (χ1v) is 9.53. The lowest BCUT2D eigenvalue weighted by atomic mass is 10.0. The number of hydrogen-bond donors (Lipinski definition) is 0. The van der Waals surface area contributed by atoms with Crippen LogP contribution in [0.5, 0.6) is 0 Å². The van der Waals surface area contributed by atoms with Crippen LogP contribution < -0.4 is 5.75 Å². The van der Waals surface area contributed by atoms with Gasteiger partial charge in [-0.2, -0.15) is 4.99 Å². The number of halogens is 2. The van der Waals surface area contributed by atoms with Crippen LogP contribution in [0.1, 0.15) is 11.1 Å². The van der Waals surface area contributed by atoms with Gasteiger partial charge in [0.15, 0.2) is 11.5 Å². The number of benzene rings is 3. The van der Waals surface area contributed by atoms with E-state index >= 15 is 0 Å². The summed E-state index contributed by atoms with van der Waals surface area (Å²) in [6.45, 7) is 4.08. The van der Waals surface area contributed by atoms with E-state index in [1.165, 1.54) is 11.1 Å². The minimum absolute atomic E-state index is 0.121. The molecule has 0 amide bonds. The van der Waals surface area contributed by atoms with Gasteiger partial charge in [-0.3, -0.25) is 0 Å². The maximum Gasteiger partial charge on any atom is 0.400 e. The van der Waals surface area contributed by atoms with Crippen molar-refractivity contribution in [1.29, 1.82) is 0 Å². The molecular formula is C23H17Cl2NO2. The van der Waals surface area contributed by atoms with E-state index in [9.17, 15) is 0 Å². The monoisotopic (exact) mass is 409 g/mol. The van der Waals surface area contributed by atoms with Crippen molar-refractivity contribution in [3.63, 3.8) is 0 Å². The largest absolute Gasteiger partial charge is 0.406 e. The highest BCUT2D eigenvalue weighted by atomic mass is 35.5. The second kappa shape index (κ2) is 7.70. The lowest BCUT2D eigenvalue weighted by molar-refractivity contribution is 0.376. The van der Waals surface area contributed by atoms with E-state index in [4.69, 9.17) is 32.0 Å². The van der Waals surface area contributed by atoms with Crippen LogP contribution in [0.2, 0.25) is 10.0 Å². The van der Waals surface area contributed by atoms with Crippen molar-refractivity contribution in [2.24, 2.45) is 4.99 Å². The third kappa shape index (κ3) is 3.91. The highest BCUT2D eigenvalue weighted by molar-refractivity contribution is 6.36. The number of nitrogens with zero attached hydrogens (tertiary/aromatic N) is 1. The fourth-order valence-corrected chi connectivity index (χ4v) is 3.24. The van der Waals surface area contributed by atoms with E-state index in [-0.39, 0.29) is 5.75 Å². The molecule has 1 aromatic heterocycles. The number of rotatable bonds is 3. The fourth-order valence-electron chi connectivity index (χ4n) is 2.79. The highest BCUT2D eigenvalue weighted by Crippen LogP contribution is 2.33. The Morgan fingerprint density at radius 1 is 0.679 bits per heavy atom. The molecule has 0 atom stereocenters. The Balaban J connectivity index is 1.89. The Kier molecular flexibility index (Phi) is 5.12. The van der Waals surface area contributed by atoms with Crippen molar-refractivity contribution in [3.8, 4) is 22.6 Å². The molecule has 0 aliphatic rings. The SMILES string of the molecule is Cc1ccc(-c2oc(=Nc3ccc(Cl)cc3Cl)oc2-c2ccc(C)cc2)cc1. The summed E-state index contributed by atoms with van der Waals surface area (Å²) in [4.78, 5) is 4.43. The van der Waals surface area contributed by atoms with Gasteiger partial charge in [-0.1, -0.05) is 82.9 Å². The Hall–Kier alpha value is -2.75. The first-order valence-electron chi connectivity index (χ1n) is 8.77. The average Bonchev–Trinajstić information content (AvgIpc) is 3.09. The van der Waals surface area contributed by atoms with Gasteiger partial charge in [-0.15, -0.1) is 0 Å². The van der Waals surface area contributed by atoms with Crippen molar-refractivity contribution >= 4 is 28.9 Å². The quantitative estimate of drug-likeness (QED) is 0.354. The number of aryl methyl sites for hydroxylation is 2. The van der Waals surface area contributed by atoms with Gasteiger partial charge in [0.2, 0.25) is 0 Å². The van der Waals surface area contributed by atoms with Crippen LogP contribution in [0.4, 0.5) is 5.69 Å². The molecule has 1 heterocycles. The summed E-state index contributed by atoms with van der Waals surface area (Å²) in [5.74, 6) is 1.36. The summed E-state index contributed by atoms with van der Waals surface area (Å²) >= 11 is 12.2. The molecule has 0 aliphatic heterocycles. The summed E-state index contributed by atoms with van der Waals surface area (Å²) < 4.78 is 12.0. The Morgan fingerprint density at radius 3 is 1.64 bits per heavy atom. The van der Waals surface area contributed by atoms with Gasteiger partial charge in [0.25, 0.3) is 0 Å².